The predicted octanol–water partition coefficient (Wildman–Crippen LogP) is 12.7. The van der Waals surface area contributed by atoms with E-state index in [2.05, 4.69) is 41.2 Å². The van der Waals surface area contributed by atoms with Crippen LogP contribution in [-0.4, -0.2) is 169 Å². The molecule has 17 nitrogen and oxygen atoms in total. The van der Waals surface area contributed by atoms with Crippen LogP contribution >= 0.6 is 11.6 Å². The van der Waals surface area contributed by atoms with Crippen molar-refractivity contribution in [2.45, 2.75) is 191 Å². The lowest BCUT2D eigenvalue weighted by Gasteiger charge is -2.43. The first-order valence-electron chi connectivity index (χ1n) is 34.5. The molecular weight excluding hydrogens is 1180 g/mol. The fourth-order valence-corrected chi connectivity index (χ4v) is 14.3. The molecule has 0 bridgehead atoms. The number of nitrogens with one attached hydrogen (secondary N) is 4. The van der Waals surface area contributed by atoms with Gasteiger partial charge in [-0.2, -0.15) is 0 Å². The number of benzene rings is 3. The second-order valence-electron chi connectivity index (χ2n) is 26.9. The van der Waals surface area contributed by atoms with Gasteiger partial charge < -0.3 is 70.9 Å². The number of ether oxygens (including phenoxy) is 4. The first kappa shape index (κ1) is 77.1. The molecule has 91 heavy (non-hydrogen) atoms. The van der Waals surface area contributed by atoms with Crippen LogP contribution in [0.3, 0.4) is 0 Å². The normalized spacial score (nSPS) is 19.7. The molecule has 514 valence electrons. The van der Waals surface area contributed by atoms with Gasteiger partial charge in [-0.3, -0.25) is 0 Å². The lowest BCUT2D eigenvalue weighted by atomic mass is 9.74. The average Bonchev–Trinajstić information content (AvgIpc) is 1.24. The Morgan fingerprint density at radius 3 is 2.02 bits per heavy atom. The van der Waals surface area contributed by atoms with E-state index < -0.39 is 11.3 Å². The van der Waals surface area contributed by atoms with E-state index in [0.29, 0.717) is 81.8 Å². The number of hydrogen-bond acceptors (Lipinski definition) is 11. The van der Waals surface area contributed by atoms with Gasteiger partial charge in [-0.15, -0.1) is 0 Å². The van der Waals surface area contributed by atoms with E-state index in [1.54, 1.807) is 32.3 Å². The third-order valence-electron chi connectivity index (χ3n) is 18.8. The number of hydrogen-bond donors (Lipinski definition) is 7. The summed E-state index contributed by atoms with van der Waals surface area (Å²) < 4.78 is 35.1. The summed E-state index contributed by atoms with van der Waals surface area (Å²) in [4.78, 5) is 44.4. The lowest BCUT2D eigenvalue weighted by molar-refractivity contribution is -0.0563. The Balaban J connectivity index is 0.000000253. The number of unbranched alkanes of at least 4 members (excludes halogenated alkanes) is 2. The highest BCUT2D eigenvalue weighted by Crippen LogP contribution is 2.41. The fraction of sp³-hybridized carbons (Fsp3) is 0.708. The molecule has 7 rings (SSSR count). The molecule has 4 aliphatic rings. The minimum atomic E-state index is -1.35. The zero-order valence-electron chi connectivity index (χ0n) is 56.6. The molecule has 19 heteroatoms. The van der Waals surface area contributed by atoms with Crippen LogP contribution < -0.4 is 27.0 Å². The molecule has 3 aromatic carbocycles. The zero-order chi connectivity index (χ0) is 65.9. The Kier molecular flexibility index (Phi) is 35.5. The molecule has 6 amide bonds. The number of carbonyl (C=O) groups is 3. The Labute approximate surface area is 551 Å². The largest absolute Gasteiger partial charge is 0.385 e. The highest BCUT2D eigenvalue weighted by molar-refractivity contribution is 6.30. The smallest absolute Gasteiger partial charge is 0.319 e. The molecule has 3 heterocycles. The average molecular weight is 1290 g/mol. The molecule has 1 aliphatic carbocycles. The quantitative estimate of drug-likeness (QED) is 0.0231. The van der Waals surface area contributed by atoms with E-state index in [1.807, 2.05) is 84.4 Å². The van der Waals surface area contributed by atoms with Gasteiger partial charge in [0.25, 0.3) is 0 Å². The van der Waals surface area contributed by atoms with Crippen LogP contribution in [-0.2, 0) is 30.3 Å². The van der Waals surface area contributed by atoms with Crippen molar-refractivity contribution >= 4 is 29.7 Å². The summed E-state index contributed by atoms with van der Waals surface area (Å²) >= 11 is 6.26. The number of nitrogens with zero attached hydrogens (tertiary/aromatic N) is 3. The van der Waals surface area contributed by atoms with Crippen molar-refractivity contribution in [1.29, 1.82) is 0 Å². The minimum Gasteiger partial charge on any atom is -0.385 e. The van der Waals surface area contributed by atoms with Crippen LogP contribution in [0.2, 0.25) is 5.02 Å². The maximum absolute atomic E-state index is 14.1. The van der Waals surface area contributed by atoms with Crippen LogP contribution in [0.1, 0.15) is 185 Å². The molecule has 8 N–H and O–H groups in total. The molecule has 0 spiro atoms. The van der Waals surface area contributed by atoms with Crippen molar-refractivity contribution in [2.24, 2.45) is 28.9 Å². The topological polar surface area (TPSA) is 212 Å². The van der Waals surface area contributed by atoms with E-state index >= 15 is 0 Å². The number of nitrogens with two attached hydrogens (primary N) is 1. The standard InChI is InChI=1S/C28H46FN3O2.C26H44ClN3O4.C18H28N2O3/c1-30-20-26(18-22-10-4-3-5-11-22)31-28(33)32-16-9-13-24(21-32)27(15-6-7-17-34-2)23-12-8-14-25(29)19-23;1-25(2,19-34-4)16-23(28)17-29-24(31)30-13-8-10-21(18-30)26(32,12-5-6-14-33-3)20-9-7-11-22(27)15-20;1-2-23-15-9-12-18(22,16-10-5-3-6-11-16)19-17(21)20-13-7-4-8-14-20/h8,12,14,19,22,24,26-27,30H,3-7,9-11,13,15-18,20-21H2,1-2H3,(H,31,33);7,9,11,15,21,23,32H,5-6,8,10,12-14,16-19,28H2,1-4H3,(H,29,31);3,5-6,10-11,22H,2,4,7-9,12-15H2,1H3,(H,19,21)/t24-,26+,27+;21-,23+,26-;18-/m110/s1. The van der Waals surface area contributed by atoms with E-state index in [-0.39, 0.29) is 53.2 Å². The van der Waals surface area contributed by atoms with Gasteiger partial charge in [0, 0.05) is 135 Å². The Hall–Kier alpha value is -4.63. The summed E-state index contributed by atoms with van der Waals surface area (Å²) in [5.74, 6) is 1.08. The number of aliphatic hydroxyl groups is 2. The van der Waals surface area contributed by atoms with Crippen LogP contribution in [0, 0.1) is 29.0 Å². The van der Waals surface area contributed by atoms with Crippen molar-refractivity contribution < 1.29 is 47.9 Å². The number of amides is 6. The number of carbonyl (C=O) groups excluding carboxylic acids is 3. The number of likely N-dealkylation sites (tertiary alicyclic amines) is 3. The Morgan fingerprint density at radius 2 is 1.35 bits per heavy atom. The molecule has 0 unspecified atom stereocenters. The van der Waals surface area contributed by atoms with Crippen LogP contribution in [0.15, 0.2) is 78.9 Å². The fourth-order valence-electron chi connectivity index (χ4n) is 14.1. The maximum atomic E-state index is 14.1. The predicted molar refractivity (Wildman–Crippen MR) is 364 cm³/mol. The van der Waals surface area contributed by atoms with Crippen LogP contribution in [0.4, 0.5) is 18.8 Å². The van der Waals surface area contributed by atoms with Crippen molar-refractivity contribution in [1.82, 2.24) is 36.0 Å². The van der Waals surface area contributed by atoms with Gasteiger partial charge >= 0.3 is 18.1 Å². The molecule has 1 saturated carbocycles. The maximum Gasteiger partial charge on any atom is 0.319 e. The number of rotatable bonds is 32. The van der Waals surface area contributed by atoms with Crippen molar-refractivity contribution in [3.8, 4) is 0 Å². The highest BCUT2D eigenvalue weighted by atomic mass is 35.5. The van der Waals surface area contributed by atoms with Crippen molar-refractivity contribution in [3.63, 3.8) is 0 Å². The number of piperidine rings is 3. The number of methoxy groups -OCH3 is 3. The zero-order valence-corrected chi connectivity index (χ0v) is 57.4. The first-order chi connectivity index (χ1) is 43.9. The minimum absolute atomic E-state index is 0.0502. The van der Waals surface area contributed by atoms with Gasteiger partial charge in [0.1, 0.15) is 5.82 Å². The SMILES string of the molecule is CCOCCC[C@@](O)(NC(=O)N1CCCCC1)c1ccccc1.CNC[C@H](CC1CCCCC1)NC(=O)N1CCC[C@@H]([C@@H](CCCCOC)c2cccc(F)c2)C1.COCCCC[C@@](O)(c1cccc(Cl)c1)[C@@H]1CCCN(C(=O)NC[C@@H](N)CC(C)(C)COC)C1. The van der Waals surface area contributed by atoms with Crippen molar-refractivity contribution in [2.75, 3.05) is 114 Å². The van der Waals surface area contributed by atoms with Crippen LogP contribution in [0.5, 0.6) is 0 Å². The summed E-state index contributed by atoms with van der Waals surface area (Å²) in [5, 5.41) is 36.1. The number of likely N-dealkylation sites (N-methyl/N-ethyl adjacent to an activating group) is 1. The molecular formula is C72H118ClFN8O9. The molecule has 3 aromatic rings. The van der Waals surface area contributed by atoms with Gasteiger partial charge in [-0.05, 0) is 169 Å². The van der Waals surface area contributed by atoms with Gasteiger partial charge in [0.15, 0.2) is 5.72 Å². The summed E-state index contributed by atoms with van der Waals surface area (Å²) in [6, 6.07) is 23.6. The molecule has 0 radical (unpaired) electrons. The van der Waals surface area contributed by atoms with Gasteiger partial charge in [0.05, 0.1) is 12.2 Å². The molecule has 7 atom stereocenters. The third kappa shape index (κ3) is 27.3. The number of halogens is 2. The van der Waals surface area contributed by atoms with E-state index in [1.165, 1.54) is 44.6 Å². The summed E-state index contributed by atoms with van der Waals surface area (Å²) in [5.41, 5.74) is 6.41. The summed E-state index contributed by atoms with van der Waals surface area (Å²) in [7, 11) is 7.07. The second kappa shape index (κ2) is 41.9. The molecule has 4 fully saturated rings. The molecule has 3 aliphatic heterocycles. The Morgan fingerprint density at radius 1 is 0.692 bits per heavy atom. The molecule has 3 saturated heterocycles. The van der Waals surface area contributed by atoms with Gasteiger partial charge in [-0.25, -0.2) is 18.8 Å². The third-order valence-corrected chi connectivity index (χ3v) is 19.0. The Bertz CT molecular complexity index is 2490. The molecule has 0 aromatic heterocycles. The summed E-state index contributed by atoms with van der Waals surface area (Å²) in [6.07, 6.45) is 21.8. The van der Waals surface area contributed by atoms with E-state index in [0.717, 1.165) is 140 Å². The van der Waals surface area contributed by atoms with Gasteiger partial charge in [0.2, 0.25) is 0 Å². The van der Waals surface area contributed by atoms with Gasteiger partial charge in [-0.1, -0.05) is 119 Å². The summed E-state index contributed by atoms with van der Waals surface area (Å²) in [6.45, 7) is 14.9. The van der Waals surface area contributed by atoms with Crippen molar-refractivity contribution in [3.05, 3.63) is 106 Å². The highest BCUT2D eigenvalue weighted by Gasteiger charge is 2.42. The number of urea groups is 3. The van der Waals surface area contributed by atoms with E-state index in [4.69, 9.17) is 36.3 Å². The van der Waals surface area contributed by atoms with Crippen LogP contribution in [0.25, 0.3) is 0 Å². The first-order valence-corrected chi connectivity index (χ1v) is 34.9. The lowest BCUT2D eigenvalue weighted by Crippen LogP contribution is -2.52. The monoisotopic (exact) mass is 1290 g/mol. The van der Waals surface area contributed by atoms with E-state index in [9.17, 15) is 29.0 Å². The second-order valence-corrected chi connectivity index (χ2v) is 27.3.